The summed E-state index contributed by atoms with van der Waals surface area (Å²) in [6.07, 6.45) is 5.83. The Hall–Kier alpha value is -0.610. The summed E-state index contributed by atoms with van der Waals surface area (Å²) >= 11 is 0. The monoisotopic (exact) mass is 243 g/mol. The molecule has 0 amide bonds. The smallest absolute Gasteiger partial charge is 0.323 e. The molecule has 0 aromatic rings. The van der Waals surface area contributed by atoms with E-state index in [1.54, 1.807) is 0 Å². The van der Waals surface area contributed by atoms with Crippen molar-refractivity contribution in [1.82, 2.24) is 5.32 Å². The molecule has 0 spiro atoms. The van der Waals surface area contributed by atoms with Crippen LogP contribution in [0.3, 0.4) is 0 Å². The van der Waals surface area contributed by atoms with Crippen molar-refractivity contribution < 1.29 is 14.3 Å². The van der Waals surface area contributed by atoms with E-state index in [-0.39, 0.29) is 18.1 Å². The molecule has 1 N–H and O–H groups in total. The van der Waals surface area contributed by atoms with E-state index in [2.05, 4.69) is 5.32 Å². The van der Waals surface area contributed by atoms with E-state index < -0.39 is 0 Å². The second kappa shape index (κ2) is 8.48. The highest BCUT2D eigenvalue weighted by atomic mass is 16.6. The van der Waals surface area contributed by atoms with Gasteiger partial charge in [-0.3, -0.25) is 4.79 Å². The van der Waals surface area contributed by atoms with Crippen LogP contribution in [0.4, 0.5) is 0 Å². The van der Waals surface area contributed by atoms with Crippen LogP contribution < -0.4 is 5.32 Å². The Morgan fingerprint density at radius 3 is 2.76 bits per heavy atom. The molecular weight excluding hydrogens is 218 g/mol. The van der Waals surface area contributed by atoms with E-state index in [0.717, 1.165) is 25.8 Å². The summed E-state index contributed by atoms with van der Waals surface area (Å²) in [5.41, 5.74) is 0. The molecule has 0 aromatic carbocycles. The summed E-state index contributed by atoms with van der Waals surface area (Å²) in [6, 6.07) is -0.116. The van der Waals surface area contributed by atoms with Gasteiger partial charge in [-0.2, -0.15) is 0 Å². The summed E-state index contributed by atoms with van der Waals surface area (Å²) in [5, 5.41) is 3.26. The van der Waals surface area contributed by atoms with Gasteiger partial charge in [0.25, 0.3) is 0 Å². The molecule has 0 aromatic heterocycles. The van der Waals surface area contributed by atoms with Crippen molar-refractivity contribution in [3.8, 4) is 0 Å². The summed E-state index contributed by atoms with van der Waals surface area (Å²) < 4.78 is 10.5. The van der Waals surface area contributed by atoms with Crippen LogP contribution in [0.15, 0.2) is 0 Å². The van der Waals surface area contributed by atoms with E-state index in [0.29, 0.717) is 13.2 Å². The molecule has 1 unspecified atom stereocenters. The lowest BCUT2D eigenvalue weighted by molar-refractivity contribution is -0.148. The van der Waals surface area contributed by atoms with Gasteiger partial charge in [0.2, 0.25) is 0 Å². The van der Waals surface area contributed by atoms with Crippen molar-refractivity contribution in [3.05, 3.63) is 0 Å². The molecule has 0 saturated carbocycles. The Balaban J connectivity index is 2.16. The predicted molar refractivity (Wildman–Crippen MR) is 66.9 cm³/mol. The lowest BCUT2D eigenvalue weighted by Crippen LogP contribution is -2.39. The Morgan fingerprint density at radius 2 is 2.00 bits per heavy atom. The number of carbonyl (C=O) groups is 1. The summed E-state index contributed by atoms with van der Waals surface area (Å²) in [4.78, 5) is 11.8. The highest BCUT2D eigenvalue weighted by Crippen LogP contribution is 2.10. The minimum Gasteiger partial charge on any atom is -0.462 e. The molecule has 1 atom stereocenters. The van der Waals surface area contributed by atoms with Crippen molar-refractivity contribution >= 4 is 5.97 Å². The van der Waals surface area contributed by atoms with Crippen LogP contribution >= 0.6 is 0 Å². The molecule has 17 heavy (non-hydrogen) atoms. The average molecular weight is 243 g/mol. The van der Waals surface area contributed by atoms with Crippen LogP contribution in [-0.4, -0.2) is 37.9 Å². The van der Waals surface area contributed by atoms with E-state index in [9.17, 15) is 4.79 Å². The molecule has 0 bridgehead atoms. The Morgan fingerprint density at radius 1 is 1.24 bits per heavy atom. The summed E-state index contributed by atoms with van der Waals surface area (Å²) in [6.45, 7) is 5.70. The van der Waals surface area contributed by atoms with Gasteiger partial charge in [-0.1, -0.05) is 19.3 Å². The van der Waals surface area contributed by atoms with Crippen molar-refractivity contribution in [2.45, 2.75) is 58.1 Å². The zero-order valence-corrected chi connectivity index (χ0v) is 11.0. The molecule has 1 aliphatic heterocycles. The van der Waals surface area contributed by atoms with Crippen molar-refractivity contribution in [1.29, 1.82) is 0 Å². The quantitative estimate of drug-likeness (QED) is 0.591. The van der Waals surface area contributed by atoms with Crippen LogP contribution in [0, 0.1) is 0 Å². The zero-order chi connectivity index (χ0) is 12.5. The molecule has 100 valence electrons. The number of ether oxygens (including phenoxy) is 2. The SMILES string of the molecule is CC(C)OCCOC(=O)C1CCCCCCN1. The average Bonchev–Trinajstić information content (AvgIpc) is 2.23. The van der Waals surface area contributed by atoms with Gasteiger partial charge in [0, 0.05) is 0 Å². The van der Waals surface area contributed by atoms with Crippen LogP contribution in [0.1, 0.15) is 46.0 Å². The number of hydrogen-bond donors (Lipinski definition) is 1. The standard InChI is InChI=1S/C13H25NO3/c1-11(2)16-9-10-17-13(15)12-7-5-3-4-6-8-14-12/h11-12,14H,3-10H2,1-2H3. The largest absolute Gasteiger partial charge is 0.462 e. The minimum absolute atomic E-state index is 0.116. The first-order chi connectivity index (χ1) is 8.20. The molecule has 1 fully saturated rings. The molecule has 1 aliphatic rings. The summed E-state index contributed by atoms with van der Waals surface area (Å²) in [7, 11) is 0. The highest BCUT2D eigenvalue weighted by Gasteiger charge is 2.19. The van der Waals surface area contributed by atoms with E-state index in [1.807, 2.05) is 13.8 Å². The fraction of sp³-hybridized carbons (Fsp3) is 0.923. The number of carbonyl (C=O) groups excluding carboxylic acids is 1. The third-order valence-electron chi connectivity index (χ3n) is 2.87. The van der Waals surface area contributed by atoms with Gasteiger partial charge in [0.15, 0.2) is 0 Å². The molecular formula is C13H25NO3. The topological polar surface area (TPSA) is 47.6 Å². The van der Waals surface area contributed by atoms with Crippen molar-refractivity contribution in [2.75, 3.05) is 19.8 Å². The fourth-order valence-electron chi connectivity index (χ4n) is 1.93. The van der Waals surface area contributed by atoms with Crippen molar-refractivity contribution in [2.24, 2.45) is 0 Å². The normalized spacial score (nSPS) is 21.9. The lowest BCUT2D eigenvalue weighted by atomic mass is 10.0. The van der Waals surface area contributed by atoms with E-state index in [4.69, 9.17) is 9.47 Å². The first-order valence-corrected chi connectivity index (χ1v) is 6.72. The van der Waals surface area contributed by atoms with Gasteiger partial charge in [-0.05, 0) is 33.2 Å². The van der Waals surface area contributed by atoms with Gasteiger partial charge in [0.1, 0.15) is 12.6 Å². The van der Waals surface area contributed by atoms with Crippen molar-refractivity contribution in [3.63, 3.8) is 0 Å². The van der Waals surface area contributed by atoms with Crippen LogP contribution in [0.2, 0.25) is 0 Å². The number of rotatable bonds is 5. The van der Waals surface area contributed by atoms with Gasteiger partial charge in [-0.15, -0.1) is 0 Å². The maximum Gasteiger partial charge on any atom is 0.323 e. The zero-order valence-electron chi connectivity index (χ0n) is 11.0. The third kappa shape index (κ3) is 6.64. The Bertz CT molecular complexity index is 211. The number of nitrogens with one attached hydrogen (secondary N) is 1. The van der Waals surface area contributed by atoms with Gasteiger partial charge in [0.05, 0.1) is 12.7 Å². The van der Waals surface area contributed by atoms with Crippen LogP contribution in [-0.2, 0) is 14.3 Å². The second-order valence-electron chi connectivity index (χ2n) is 4.80. The molecule has 0 aliphatic carbocycles. The Kier molecular flexibility index (Phi) is 7.21. The first kappa shape index (κ1) is 14.5. The fourth-order valence-corrected chi connectivity index (χ4v) is 1.93. The number of esters is 1. The van der Waals surface area contributed by atoms with E-state index >= 15 is 0 Å². The molecule has 1 saturated heterocycles. The molecule has 4 nitrogen and oxygen atoms in total. The third-order valence-corrected chi connectivity index (χ3v) is 2.87. The highest BCUT2D eigenvalue weighted by molar-refractivity contribution is 5.75. The van der Waals surface area contributed by atoms with Gasteiger partial charge < -0.3 is 14.8 Å². The van der Waals surface area contributed by atoms with Crippen LogP contribution in [0.25, 0.3) is 0 Å². The van der Waals surface area contributed by atoms with E-state index in [1.165, 1.54) is 12.8 Å². The molecule has 4 heteroatoms. The summed E-state index contributed by atoms with van der Waals surface area (Å²) in [5.74, 6) is -0.126. The van der Waals surface area contributed by atoms with Gasteiger partial charge >= 0.3 is 5.97 Å². The first-order valence-electron chi connectivity index (χ1n) is 6.72. The van der Waals surface area contributed by atoms with Gasteiger partial charge in [-0.25, -0.2) is 0 Å². The van der Waals surface area contributed by atoms with Crippen LogP contribution in [0.5, 0.6) is 0 Å². The minimum atomic E-state index is -0.126. The molecule has 1 rings (SSSR count). The maximum absolute atomic E-state index is 11.8. The predicted octanol–water partition coefficient (Wildman–Crippen LogP) is 1.88. The lowest BCUT2D eigenvalue weighted by Gasteiger charge is -2.20. The molecule has 0 radical (unpaired) electrons. The maximum atomic E-state index is 11.8. The molecule has 1 heterocycles. The Labute approximate surface area is 104 Å². The second-order valence-corrected chi connectivity index (χ2v) is 4.80. The number of hydrogen-bond acceptors (Lipinski definition) is 4.